The number of piperazine rings is 1. The Hall–Kier alpha value is -3.53. The maximum Gasteiger partial charge on any atom is 0.493 e. The molecule has 2 fully saturated rings. The van der Waals surface area contributed by atoms with Gasteiger partial charge in [0.05, 0.1) is 12.0 Å². The lowest BCUT2D eigenvalue weighted by molar-refractivity contribution is -0.201. The average molecular weight is 636 g/mol. The highest BCUT2D eigenvalue weighted by Gasteiger charge is 2.45. The molecule has 4 heterocycles. The highest BCUT2D eigenvalue weighted by Crippen LogP contribution is 2.38. The number of aromatic nitrogens is 4. The first-order chi connectivity index (χ1) is 20.3. The molecule has 2 aliphatic rings. The second kappa shape index (κ2) is 12.2. The van der Waals surface area contributed by atoms with E-state index in [0.29, 0.717) is 30.5 Å². The predicted molar refractivity (Wildman–Crippen MR) is 144 cm³/mol. The molecule has 0 N–H and O–H groups in total. The second-order valence-electron chi connectivity index (χ2n) is 10.3. The number of ether oxygens (including phenoxy) is 1. The number of benzene rings is 1. The molecule has 0 spiro atoms. The SMILES string of the molecule is Cc1c(OCCCN2CCCC2)cc(Cl)cc1N1CCN(c2ncnc3c2c(C(F)(F)F)nn3OC(=O)C(F)(F)F)CC1. The third kappa shape index (κ3) is 6.84. The molecule has 0 bridgehead atoms. The monoisotopic (exact) mass is 635 g/mol. The molecule has 0 radical (unpaired) electrons. The third-order valence-electron chi connectivity index (χ3n) is 7.38. The van der Waals surface area contributed by atoms with Crippen molar-refractivity contribution >= 4 is 40.1 Å². The lowest BCUT2D eigenvalue weighted by atomic mass is 10.1. The van der Waals surface area contributed by atoms with Gasteiger partial charge in [-0.15, -0.1) is 5.10 Å². The predicted octanol–water partition coefficient (Wildman–Crippen LogP) is 4.52. The minimum absolute atomic E-state index is 0.169. The van der Waals surface area contributed by atoms with Gasteiger partial charge in [-0.25, -0.2) is 14.8 Å². The fourth-order valence-corrected chi connectivity index (χ4v) is 5.50. The molecule has 0 atom stereocenters. The van der Waals surface area contributed by atoms with Crippen molar-refractivity contribution in [2.75, 3.05) is 62.2 Å². The molecule has 0 unspecified atom stereocenters. The van der Waals surface area contributed by atoms with E-state index in [2.05, 4.69) is 24.8 Å². The molecule has 2 saturated heterocycles. The van der Waals surface area contributed by atoms with Crippen LogP contribution in [0.2, 0.25) is 5.02 Å². The zero-order valence-corrected chi connectivity index (χ0v) is 23.8. The topological polar surface area (TPSA) is 88.8 Å². The van der Waals surface area contributed by atoms with Gasteiger partial charge >= 0.3 is 18.3 Å². The van der Waals surface area contributed by atoms with Crippen LogP contribution in [0.1, 0.15) is 30.5 Å². The van der Waals surface area contributed by atoms with E-state index in [1.165, 1.54) is 12.8 Å². The Morgan fingerprint density at radius 1 is 0.977 bits per heavy atom. The number of nitrogens with zero attached hydrogens (tertiary/aromatic N) is 7. The maximum absolute atomic E-state index is 13.9. The van der Waals surface area contributed by atoms with Gasteiger partial charge in [0.25, 0.3) is 0 Å². The maximum atomic E-state index is 13.9. The molecule has 43 heavy (non-hydrogen) atoms. The summed E-state index contributed by atoms with van der Waals surface area (Å²) >= 11 is 6.41. The summed E-state index contributed by atoms with van der Waals surface area (Å²) in [6.45, 7) is 6.75. The number of halogens is 7. The summed E-state index contributed by atoms with van der Waals surface area (Å²) in [6, 6.07) is 3.55. The first-order valence-electron chi connectivity index (χ1n) is 13.6. The van der Waals surface area contributed by atoms with Crippen LogP contribution < -0.4 is 19.4 Å². The summed E-state index contributed by atoms with van der Waals surface area (Å²) in [5, 5.41) is 2.89. The van der Waals surface area contributed by atoms with Gasteiger partial charge in [-0.2, -0.15) is 26.3 Å². The molecule has 1 aromatic carbocycles. The van der Waals surface area contributed by atoms with Crippen molar-refractivity contribution in [2.45, 2.75) is 38.5 Å². The summed E-state index contributed by atoms with van der Waals surface area (Å²) in [7, 11) is 0. The fraction of sp³-hybridized carbons (Fsp3) is 0.538. The molecule has 0 amide bonds. The van der Waals surface area contributed by atoms with Gasteiger partial charge in [-0.3, -0.25) is 0 Å². The zero-order chi connectivity index (χ0) is 30.9. The van der Waals surface area contributed by atoms with Crippen LogP contribution in [0, 0.1) is 6.92 Å². The molecule has 17 heteroatoms. The molecule has 0 aliphatic carbocycles. The van der Waals surface area contributed by atoms with Crippen LogP contribution in [-0.4, -0.2) is 89.4 Å². The van der Waals surface area contributed by atoms with Gasteiger partial charge in [0.2, 0.25) is 5.65 Å². The van der Waals surface area contributed by atoms with Crippen LogP contribution in [0.4, 0.5) is 37.8 Å². The van der Waals surface area contributed by atoms with Crippen molar-refractivity contribution in [1.82, 2.24) is 24.8 Å². The first kappa shape index (κ1) is 30.9. The molecule has 2 aliphatic heterocycles. The summed E-state index contributed by atoms with van der Waals surface area (Å²) in [5.41, 5.74) is -0.616. The molecule has 3 aromatic rings. The smallest absolute Gasteiger partial charge is 0.493 e. The van der Waals surface area contributed by atoms with Crippen LogP contribution >= 0.6 is 11.6 Å². The number of fused-ring (bicyclic) bond motifs is 1. The Morgan fingerprint density at radius 3 is 2.30 bits per heavy atom. The number of carbonyl (C=O) groups is 1. The lowest BCUT2D eigenvalue weighted by Crippen LogP contribution is -2.47. The molecule has 234 valence electrons. The molecule has 2 aromatic heterocycles. The largest absolute Gasteiger partial charge is 0.493 e. The molecule has 5 rings (SSSR count). The Labute approximate surface area is 247 Å². The van der Waals surface area contributed by atoms with Crippen LogP contribution in [0.3, 0.4) is 0 Å². The zero-order valence-electron chi connectivity index (χ0n) is 23.0. The van der Waals surface area contributed by atoms with Crippen molar-refractivity contribution in [1.29, 1.82) is 0 Å². The van der Waals surface area contributed by atoms with Crippen LogP contribution in [0.25, 0.3) is 11.0 Å². The van der Waals surface area contributed by atoms with Crippen molar-refractivity contribution < 1.29 is 40.7 Å². The van der Waals surface area contributed by atoms with Crippen molar-refractivity contribution in [3.63, 3.8) is 0 Å². The average Bonchev–Trinajstić information content (AvgIpc) is 3.60. The van der Waals surface area contributed by atoms with Gasteiger partial charge in [0, 0.05) is 49.0 Å². The van der Waals surface area contributed by atoms with E-state index in [4.69, 9.17) is 16.3 Å². The van der Waals surface area contributed by atoms with Crippen LogP contribution in [-0.2, 0) is 11.0 Å². The fourth-order valence-electron chi connectivity index (χ4n) is 5.30. The van der Waals surface area contributed by atoms with Crippen molar-refractivity contribution in [2.24, 2.45) is 0 Å². The van der Waals surface area contributed by atoms with Crippen LogP contribution in [0.5, 0.6) is 5.75 Å². The quantitative estimate of drug-likeness (QED) is 0.262. The first-order valence-corrected chi connectivity index (χ1v) is 14.0. The number of hydrogen-bond acceptors (Lipinski definition) is 9. The number of alkyl halides is 6. The normalized spacial score (nSPS) is 16.7. The summed E-state index contributed by atoms with van der Waals surface area (Å²) in [4.78, 5) is 28.8. The standard InChI is InChI=1S/C26H28ClF6N7O3/c1-16-18(13-17(27)14-19(16)42-12-4-7-37-5-2-3-6-37)38-8-10-39(11-9-38)22-20-21(25(28,29)30)36-40(23(20)35-15-34-22)43-24(41)26(31,32)33/h13-15H,2-12H2,1H3. The van der Waals surface area contributed by atoms with E-state index < -0.39 is 35.0 Å². The number of anilines is 2. The van der Waals surface area contributed by atoms with E-state index in [-0.39, 0.29) is 23.8 Å². The highest BCUT2D eigenvalue weighted by atomic mass is 35.5. The number of carbonyl (C=O) groups excluding carboxylic acids is 1. The Morgan fingerprint density at radius 2 is 1.65 bits per heavy atom. The molecular formula is C26H28ClF6N7O3. The highest BCUT2D eigenvalue weighted by molar-refractivity contribution is 6.31. The van der Waals surface area contributed by atoms with E-state index in [1.807, 2.05) is 11.8 Å². The van der Waals surface area contributed by atoms with Gasteiger partial charge in [-0.05, 0) is 51.4 Å². The van der Waals surface area contributed by atoms with E-state index in [9.17, 15) is 31.1 Å². The lowest BCUT2D eigenvalue weighted by Gasteiger charge is -2.37. The molecule has 10 nitrogen and oxygen atoms in total. The Balaban J connectivity index is 1.33. The Kier molecular flexibility index (Phi) is 8.79. The number of hydrogen-bond donors (Lipinski definition) is 0. The second-order valence-corrected chi connectivity index (χ2v) is 10.7. The van der Waals surface area contributed by atoms with Crippen LogP contribution in [0.15, 0.2) is 18.5 Å². The van der Waals surface area contributed by atoms with Gasteiger partial charge < -0.3 is 24.3 Å². The molecule has 0 saturated carbocycles. The summed E-state index contributed by atoms with van der Waals surface area (Å²) < 4.78 is 85.9. The minimum atomic E-state index is -5.46. The van der Waals surface area contributed by atoms with E-state index in [1.54, 1.807) is 17.0 Å². The Bertz CT molecular complexity index is 1470. The van der Waals surface area contributed by atoms with E-state index in [0.717, 1.165) is 43.6 Å². The van der Waals surface area contributed by atoms with Gasteiger partial charge in [0.1, 0.15) is 17.9 Å². The number of likely N-dealkylation sites (tertiary alicyclic amines) is 1. The minimum Gasteiger partial charge on any atom is -0.493 e. The molecular weight excluding hydrogens is 608 g/mol. The van der Waals surface area contributed by atoms with Gasteiger partial charge in [0.15, 0.2) is 5.69 Å². The number of rotatable bonds is 8. The van der Waals surface area contributed by atoms with Gasteiger partial charge in [-0.1, -0.05) is 16.4 Å². The van der Waals surface area contributed by atoms with Crippen molar-refractivity contribution in [3.8, 4) is 5.75 Å². The van der Waals surface area contributed by atoms with E-state index >= 15 is 0 Å². The summed E-state index contributed by atoms with van der Waals surface area (Å²) in [6.07, 6.45) is -6.37. The van der Waals surface area contributed by atoms with Crippen molar-refractivity contribution in [3.05, 3.63) is 34.7 Å². The third-order valence-corrected chi connectivity index (χ3v) is 7.60. The summed E-state index contributed by atoms with van der Waals surface area (Å²) in [5.74, 6) is -2.29.